The molecule has 0 radical (unpaired) electrons. The summed E-state index contributed by atoms with van der Waals surface area (Å²) >= 11 is 0. The molecule has 1 saturated heterocycles. The van der Waals surface area contributed by atoms with Crippen molar-refractivity contribution in [2.24, 2.45) is 0 Å². The summed E-state index contributed by atoms with van der Waals surface area (Å²) in [6.45, 7) is 5.10. The predicted octanol–water partition coefficient (Wildman–Crippen LogP) is 2.33. The monoisotopic (exact) mass is 301 g/mol. The van der Waals surface area contributed by atoms with Gasteiger partial charge in [0.05, 0.1) is 25.1 Å². The Bertz CT molecular complexity index is 630. The molecule has 0 bridgehead atoms. The molecule has 6 nitrogen and oxygen atoms in total. The van der Waals surface area contributed by atoms with E-state index in [1.54, 1.807) is 12.3 Å². The van der Waals surface area contributed by atoms with E-state index in [2.05, 4.69) is 15.2 Å². The zero-order chi connectivity index (χ0) is 15.4. The molecule has 3 heterocycles. The number of anilines is 2. The Balaban J connectivity index is 1.64. The molecule has 0 saturated carbocycles. The van der Waals surface area contributed by atoms with Gasteiger partial charge in [-0.25, -0.2) is 4.98 Å². The highest BCUT2D eigenvalue weighted by atomic mass is 16.5. The number of nitrogens with one attached hydrogen (secondary N) is 1. The standard InChI is InChI=1S/C16H19N3O3/c1-2-13-4-5-14(22-13)16(20)18-12-3-6-15(17-11-12)19-7-9-21-10-8-19/h3-6,11H,2,7-10H2,1H3,(H,18,20). The topological polar surface area (TPSA) is 67.6 Å². The number of hydrogen-bond donors (Lipinski definition) is 1. The van der Waals surface area contributed by atoms with Crippen LogP contribution in [0.3, 0.4) is 0 Å². The smallest absolute Gasteiger partial charge is 0.291 e. The Hall–Kier alpha value is -2.34. The van der Waals surface area contributed by atoms with Crippen molar-refractivity contribution >= 4 is 17.4 Å². The molecule has 0 atom stereocenters. The van der Waals surface area contributed by atoms with Crippen molar-refractivity contribution in [2.45, 2.75) is 13.3 Å². The quantitative estimate of drug-likeness (QED) is 0.938. The van der Waals surface area contributed by atoms with Gasteiger partial charge in [-0.05, 0) is 24.3 Å². The van der Waals surface area contributed by atoms with Crippen molar-refractivity contribution < 1.29 is 13.9 Å². The Morgan fingerprint density at radius 1 is 1.27 bits per heavy atom. The molecule has 1 N–H and O–H groups in total. The van der Waals surface area contributed by atoms with Gasteiger partial charge >= 0.3 is 0 Å². The van der Waals surface area contributed by atoms with Crippen LogP contribution in [0.2, 0.25) is 0 Å². The number of furan rings is 1. The fourth-order valence-corrected chi connectivity index (χ4v) is 2.32. The van der Waals surface area contributed by atoms with Gasteiger partial charge in [-0.15, -0.1) is 0 Å². The number of carbonyl (C=O) groups excluding carboxylic acids is 1. The molecule has 0 aromatic carbocycles. The lowest BCUT2D eigenvalue weighted by molar-refractivity contribution is 0.0995. The second-order valence-electron chi connectivity index (χ2n) is 5.08. The summed E-state index contributed by atoms with van der Waals surface area (Å²) in [6, 6.07) is 7.25. The molecule has 3 rings (SSSR count). The summed E-state index contributed by atoms with van der Waals surface area (Å²) in [6.07, 6.45) is 2.43. The Kier molecular flexibility index (Phi) is 4.39. The Morgan fingerprint density at radius 3 is 2.73 bits per heavy atom. The number of pyridine rings is 1. The number of hydrogen-bond acceptors (Lipinski definition) is 5. The van der Waals surface area contributed by atoms with Gasteiger partial charge in [0.2, 0.25) is 0 Å². The summed E-state index contributed by atoms with van der Waals surface area (Å²) in [5, 5.41) is 2.79. The number of ether oxygens (including phenoxy) is 1. The largest absolute Gasteiger partial charge is 0.456 e. The van der Waals surface area contributed by atoms with Crippen LogP contribution in [0.25, 0.3) is 0 Å². The van der Waals surface area contributed by atoms with Crippen LogP contribution < -0.4 is 10.2 Å². The van der Waals surface area contributed by atoms with Crippen molar-refractivity contribution in [1.29, 1.82) is 0 Å². The second-order valence-corrected chi connectivity index (χ2v) is 5.08. The van der Waals surface area contributed by atoms with E-state index in [1.165, 1.54) is 0 Å². The zero-order valence-corrected chi connectivity index (χ0v) is 12.5. The van der Waals surface area contributed by atoms with E-state index in [1.807, 2.05) is 25.1 Å². The first kappa shape index (κ1) is 14.6. The van der Waals surface area contributed by atoms with Crippen LogP contribution >= 0.6 is 0 Å². The van der Waals surface area contributed by atoms with Crippen molar-refractivity contribution in [3.8, 4) is 0 Å². The minimum absolute atomic E-state index is 0.263. The van der Waals surface area contributed by atoms with E-state index in [4.69, 9.17) is 9.15 Å². The molecule has 0 spiro atoms. The number of amides is 1. The van der Waals surface area contributed by atoms with Crippen molar-refractivity contribution in [3.05, 3.63) is 42.0 Å². The molecule has 1 amide bonds. The van der Waals surface area contributed by atoms with Crippen molar-refractivity contribution in [3.63, 3.8) is 0 Å². The van der Waals surface area contributed by atoms with E-state index in [0.29, 0.717) is 11.4 Å². The molecular formula is C16H19N3O3. The summed E-state index contributed by atoms with van der Waals surface area (Å²) in [5.41, 5.74) is 0.649. The lowest BCUT2D eigenvalue weighted by Gasteiger charge is -2.27. The molecule has 22 heavy (non-hydrogen) atoms. The predicted molar refractivity (Wildman–Crippen MR) is 83.3 cm³/mol. The van der Waals surface area contributed by atoms with E-state index in [9.17, 15) is 4.79 Å². The summed E-state index contributed by atoms with van der Waals surface area (Å²) in [5.74, 6) is 1.74. The van der Waals surface area contributed by atoms with Gasteiger partial charge in [-0.1, -0.05) is 6.92 Å². The Morgan fingerprint density at radius 2 is 2.09 bits per heavy atom. The highest BCUT2D eigenvalue weighted by Crippen LogP contribution is 2.17. The van der Waals surface area contributed by atoms with Gasteiger partial charge in [0.25, 0.3) is 5.91 Å². The third-order valence-electron chi connectivity index (χ3n) is 3.57. The lowest BCUT2D eigenvalue weighted by Crippen LogP contribution is -2.36. The summed E-state index contributed by atoms with van der Waals surface area (Å²) in [4.78, 5) is 18.6. The molecule has 0 aliphatic carbocycles. The van der Waals surface area contributed by atoms with Crippen molar-refractivity contribution in [1.82, 2.24) is 4.98 Å². The molecule has 2 aromatic rings. The first-order valence-corrected chi connectivity index (χ1v) is 7.45. The maximum Gasteiger partial charge on any atom is 0.291 e. The second kappa shape index (κ2) is 6.62. The van der Waals surface area contributed by atoms with Crippen LogP contribution in [-0.4, -0.2) is 37.2 Å². The Labute approximate surface area is 129 Å². The molecule has 2 aromatic heterocycles. The molecule has 116 valence electrons. The van der Waals surface area contributed by atoms with E-state index in [0.717, 1.165) is 44.3 Å². The zero-order valence-electron chi connectivity index (χ0n) is 12.5. The van der Waals surface area contributed by atoms with E-state index in [-0.39, 0.29) is 5.91 Å². The van der Waals surface area contributed by atoms with Crippen LogP contribution in [-0.2, 0) is 11.2 Å². The minimum atomic E-state index is -0.263. The summed E-state index contributed by atoms with van der Waals surface area (Å²) in [7, 11) is 0. The van der Waals surface area contributed by atoms with Crippen LogP contribution in [0.5, 0.6) is 0 Å². The number of aromatic nitrogens is 1. The highest BCUT2D eigenvalue weighted by molar-refractivity contribution is 6.02. The average Bonchev–Trinajstić information content (AvgIpc) is 3.06. The van der Waals surface area contributed by atoms with Gasteiger partial charge < -0.3 is 19.4 Å². The van der Waals surface area contributed by atoms with Crippen LogP contribution in [0.4, 0.5) is 11.5 Å². The highest BCUT2D eigenvalue weighted by Gasteiger charge is 2.14. The maximum absolute atomic E-state index is 12.1. The van der Waals surface area contributed by atoms with Crippen LogP contribution in [0, 0.1) is 0 Å². The first-order chi connectivity index (χ1) is 10.8. The lowest BCUT2D eigenvalue weighted by atomic mass is 10.3. The van der Waals surface area contributed by atoms with Gasteiger partial charge in [-0.2, -0.15) is 0 Å². The third-order valence-corrected chi connectivity index (χ3v) is 3.57. The van der Waals surface area contributed by atoms with E-state index >= 15 is 0 Å². The number of morpholine rings is 1. The maximum atomic E-state index is 12.1. The number of rotatable bonds is 4. The fourth-order valence-electron chi connectivity index (χ4n) is 2.32. The molecule has 6 heteroatoms. The van der Waals surface area contributed by atoms with Gasteiger partial charge in [0.1, 0.15) is 11.6 Å². The van der Waals surface area contributed by atoms with Crippen molar-refractivity contribution in [2.75, 3.05) is 36.5 Å². The number of nitrogens with zero attached hydrogens (tertiary/aromatic N) is 2. The van der Waals surface area contributed by atoms with Crippen LogP contribution in [0.15, 0.2) is 34.9 Å². The minimum Gasteiger partial charge on any atom is -0.456 e. The van der Waals surface area contributed by atoms with Gasteiger partial charge in [0, 0.05) is 19.5 Å². The molecule has 1 aliphatic rings. The SMILES string of the molecule is CCc1ccc(C(=O)Nc2ccc(N3CCOCC3)nc2)o1. The van der Waals surface area contributed by atoms with Crippen LogP contribution in [0.1, 0.15) is 23.2 Å². The molecular weight excluding hydrogens is 282 g/mol. The normalized spacial score (nSPS) is 14.9. The molecule has 1 fully saturated rings. The third kappa shape index (κ3) is 3.28. The molecule has 1 aliphatic heterocycles. The number of carbonyl (C=O) groups is 1. The fraction of sp³-hybridized carbons (Fsp3) is 0.375. The molecule has 0 unspecified atom stereocenters. The number of aryl methyl sites for hydroxylation is 1. The summed E-state index contributed by atoms with van der Waals surface area (Å²) < 4.78 is 10.8. The average molecular weight is 301 g/mol. The van der Waals surface area contributed by atoms with E-state index < -0.39 is 0 Å². The van der Waals surface area contributed by atoms with Gasteiger partial charge in [-0.3, -0.25) is 4.79 Å². The van der Waals surface area contributed by atoms with Gasteiger partial charge in [0.15, 0.2) is 5.76 Å². The first-order valence-electron chi connectivity index (χ1n) is 7.45.